The first-order valence-corrected chi connectivity index (χ1v) is 18.8. The van der Waals surface area contributed by atoms with Crippen LogP contribution in [0.1, 0.15) is 0 Å². The quantitative estimate of drug-likeness (QED) is 0.154. The van der Waals surface area contributed by atoms with E-state index in [1.165, 1.54) is 16.5 Å². The van der Waals surface area contributed by atoms with Crippen molar-refractivity contribution < 1.29 is 0 Å². The average Bonchev–Trinajstić information content (AvgIpc) is 3.29. The lowest BCUT2D eigenvalue weighted by Crippen LogP contribution is -1.96. The van der Waals surface area contributed by atoms with Gasteiger partial charge in [-0.3, -0.25) is 4.98 Å². The fraction of sp³-hybridized carbons (Fsp3) is 0. The summed E-state index contributed by atoms with van der Waals surface area (Å²) in [6.07, 6.45) is 1.88. The molecule has 0 amide bonds. The number of benzene rings is 7. The normalized spacial score (nSPS) is 11.2. The lowest BCUT2D eigenvalue weighted by molar-refractivity contribution is 1.18. The highest BCUT2D eigenvalue weighted by Crippen LogP contribution is 2.35. The molecule has 0 aliphatic rings. The van der Waals surface area contributed by atoms with E-state index in [0.29, 0.717) is 5.82 Å². The Balaban J connectivity index is 0.975. The van der Waals surface area contributed by atoms with Crippen LogP contribution in [0.25, 0.3) is 100 Å². The molecule has 0 saturated carbocycles. The lowest BCUT2D eigenvalue weighted by atomic mass is 9.97. The largest absolute Gasteiger partial charge is 0.255 e. The van der Waals surface area contributed by atoms with Gasteiger partial charge < -0.3 is 0 Å². The Labute approximate surface area is 325 Å². The smallest absolute Gasteiger partial charge is 0.160 e. The molecule has 262 valence electrons. The Kier molecular flexibility index (Phi) is 8.47. The number of hydrogen-bond donors (Lipinski definition) is 0. The van der Waals surface area contributed by atoms with Crippen LogP contribution in [-0.4, -0.2) is 19.9 Å². The van der Waals surface area contributed by atoms with Gasteiger partial charge in [-0.25, -0.2) is 15.0 Å². The van der Waals surface area contributed by atoms with Crippen LogP contribution in [0.4, 0.5) is 0 Å². The Morgan fingerprint density at radius 1 is 0.268 bits per heavy atom. The number of para-hydroxylation sites is 1. The van der Waals surface area contributed by atoms with E-state index in [1.807, 2.05) is 36.5 Å². The highest BCUT2D eigenvalue weighted by Gasteiger charge is 2.14. The minimum atomic E-state index is 0.700. The number of pyridine rings is 2. The second-order valence-electron chi connectivity index (χ2n) is 13.9. The van der Waals surface area contributed by atoms with E-state index in [-0.39, 0.29) is 0 Å². The monoisotopic (exact) mass is 714 g/mol. The highest BCUT2D eigenvalue weighted by molar-refractivity contribution is 6.10. The standard InChI is InChI=1S/C52H34N4/c1-3-12-35(13-4-1)36-22-26-38(27-23-36)48-34-49(56-52(55-48)40-14-5-2-6-15-40)39-28-24-37(25-29-39)41-16-11-17-42(32-41)43-30-31-53-50(33-43)51-46-20-8-7-18-44(46)45-19-9-10-21-47(45)54-51/h1-34H. The molecule has 10 aromatic rings. The Morgan fingerprint density at radius 3 is 1.43 bits per heavy atom. The van der Waals surface area contributed by atoms with Gasteiger partial charge in [-0.05, 0) is 69.1 Å². The first kappa shape index (κ1) is 33.0. The van der Waals surface area contributed by atoms with Gasteiger partial charge in [0.2, 0.25) is 0 Å². The van der Waals surface area contributed by atoms with E-state index in [9.17, 15) is 0 Å². The third kappa shape index (κ3) is 6.40. The molecule has 0 spiro atoms. The molecule has 4 heteroatoms. The second kappa shape index (κ2) is 14.3. The molecule has 0 bridgehead atoms. The molecule has 0 atom stereocenters. The minimum Gasteiger partial charge on any atom is -0.255 e. The SMILES string of the molecule is c1ccc(-c2ccc(-c3cc(-c4ccc(-c5cccc(-c6ccnc(-c7nc8ccccc8c8ccccc78)c6)c5)cc4)nc(-c4ccccc4)n3)cc2)cc1. The molecule has 0 radical (unpaired) electrons. The van der Waals surface area contributed by atoms with E-state index >= 15 is 0 Å². The molecule has 56 heavy (non-hydrogen) atoms. The van der Waals surface area contributed by atoms with Crippen LogP contribution >= 0.6 is 0 Å². The summed E-state index contributed by atoms with van der Waals surface area (Å²) in [6.45, 7) is 0. The van der Waals surface area contributed by atoms with Crippen molar-refractivity contribution in [2.75, 3.05) is 0 Å². The molecule has 0 unspecified atom stereocenters. The fourth-order valence-corrected chi connectivity index (χ4v) is 7.47. The Bertz CT molecular complexity index is 2990. The van der Waals surface area contributed by atoms with Crippen molar-refractivity contribution in [3.8, 4) is 78.7 Å². The van der Waals surface area contributed by atoms with Crippen molar-refractivity contribution in [3.05, 3.63) is 206 Å². The maximum absolute atomic E-state index is 5.10. The third-order valence-electron chi connectivity index (χ3n) is 10.4. The summed E-state index contributed by atoms with van der Waals surface area (Å²) in [5.41, 5.74) is 14.3. The van der Waals surface area contributed by atoms with E-state index in [1.54, 1.807) is 0 Å². The van der Waals surface area contributed by atoms with E-state index in [2.05, 4.69) is 170 Å². The molecule has 3 heterocycles. The number of rotatable bonds is 7. The first-order chi connectivity index (χ1) is 27.7. The van der Waals surface area contributed by atoms with E-state index in [4.69, 9.17) is 19.9 Å². The van der Waals surface area contributed by atoms with Gasteiger partial charge in [0.15, 0.2) is 5.82 Å². The van der Waals surface area contributed by atoms with Crippen molar-refractivity contribution >= 4 is 21.7 Å². The first-order valence-electron chi connectivity index (χ1n) is 18.8. The minimum absolute atomic E-state index is 0.700. The molecule has 3 aromatic heterocycles. The van der Waals surface area contributed by atoms with Gasteiger partial charge in [-0.2, -0.15) is 0 Å². The molecule has 4 nitrogen and oxygen atoms in total. The molecule has 10 rings (SSSR count). The van der Waals surface area contributed by atoms with Crippen LogP contribution in [0, 0.1) is 0 Å². The molecule has 0 N–H and O–H groups in total. The van der Waals surface area contributed by atoms with Gasteiger partial charge in [-0.15, -0.1) is 0 Å². The van der Waals surface area contributed by atoms with Crippen LogP contribution in [0.3, 0.4) is 0 Å². The molecule has 0 aliphatic carbocycles. The van der Waals surface area contributed by atoms with E-state index < -0.39 is 0 Å². The maximum atomic E-state index is 5.10. The maximum Gasteiger partial charge on any atom is 0.160 e. The van der Waals surface area contributed by atoms with Crippen LogP contribution in [-0.2, 0) is 0 Å². The summed E-state index contributed by atoms with van der Waals surface area (Å²) >= 11 is 0. The number of nitrogens with zero attached hydrogens (tertiary/aromatic N) is 4. The number of fused-ring (bicyclic) bond motifs is 3. The predicted octanol–water partition coefficient (Wildman–Crippen LogP) is 13.2. The highest BCUT2D eigenvalue weighted by atomic mass is 14.9. The molecule has 0 saturated heterocycles. The molecular formula is C52H34N4. The van der Waals surface area contributed by atoms with Gasteiger partial charge >= 0.3 is 0 Å². The van der Waals surface area contributed by atoms with Gasteiger partial charge in [0, 0.05) is 33.7 Å². The summed E-state index contributed by atoms with van der Waals surface area (Å²) in [4.78, 5) is 20.0. The van der Waals surface area contributed by atoms with Gasteiger partial charge in [-0.1, -0.05) is 170 Å². The third-order valence-corrected chi connectivity index (χ3v) is 10.4. The van der Waals surface area contributed by atoms with Gasteiger partial charge in [0.1, 0.15) is 0 Å². The van der Waals surface area contributed by atoms with Crippen molar-refractivity contribution in [2.45, 2.75) is 0 Å². The zero-order valence-electron chi connectivity index (χ0n) is 30.4. The summed E-state index contributed by atoms with van der Waals surface area (Å²) in [5.74, 6) is 0.700. The Morgan fingerprint density at radius 2 is 0.750 bits per heavy atom. The van der Waals surface area contributed by atoms with Crippen molar-refractivity contribution in [3.63, 3.8) is 0 Å². The number of aromatic nitrogens is 4. The van der Waals surface area contributed by atoms with Crippen LogP contribution in [0.15, 0.2) is 206 Å². The lowest BCUT2D eigenvalue weighted by Gasteiger charge is -2.12. The Hall–Kier alpha value is -7.56. The predicted molar refractivity (Wildman–Crippen MR) is 231 cm³/mol. The zero-order chi connectivity index (χ0) is 37.3. The second-order valence-corrected chi connectivity index (χ2v) is 13.9. The topological polar surface area (TPSA) is 51.6 Å². The number of hydrogen-bond acceptors (Lipinski definition) is 4. The molecule has 0 fully saturated rings. The van der Waals surface area contributed by atoms with E-state index in [0.717, 1.165) is 78.0 Å². The summed E-state index contributed by atoms with van der Waals surface area (Å²) in [6, 6.07) is 69.6. The molecule has 0 aliphatic heterocycles. The summed E-state index contributed by atoms with van der Waals surface area (Å²) < 4.78 is 0. The zero-order valence-corrected chi connectivity index (χ0v) is 30.4. The molecule has 7 aromatic carbocycles. The summed E-state index contributed by atoms with van der Waals surface area (Å²) in [5, 5.41) is 3.42. The van der Waals surface area contributed by atoms with Crippen LogP contribution in [0.5, 0.6) is 0 Å². The van der Waals surface area contributed by atoms with Crippen molar-refractivity contribution in [1.82, 2.24) is 19.9 Å². The van der Waals surface area contributed by atoms with Gasteiger partial charge in [0.25, 0.3) is 0 Å². The van der Waals surface area contributed by atoms with Crippen molar-refractivity contribution in [2.24, 2.45) is 0 Å². The van der Waals surface area contributed by atoms with Crippen LogP contribution in [0.2, 0.25) is 0 Å². The van der Waals surface area contributed by atoms with Crippen molar-refractivity contribution in [1.29, 1.82) is 0 Å². The average molecular weight is 715 g/mol. The van der Waals surface area contributed by atoms with Gasteiger partial charge in [0.05, 0.1) is 28.3 Å². The summed E-state index contributed by atoms with van der Waals surface area (Å²) in [7, 11) is 0. The molecular weight excluding hydrogens is 681 g/mol. The van der Waals surface area contributed by atoms with Crippen LogP contribution < -0.4 is 0 Å². The fourth-order valence-electron chi connectivity index (χ4n) is 7.47.